The Hall–Kier alpha value is -1.83. The van der Waals surface area contributed by atoms with Crippen LogP contribution in [0.15, 0.2) is 0 Å². The van der Waals surface area contributed by atoms with Crippen molar-refractivity contribution in [3.05, 3.63) is 0 Å². The minimum absolute atomic E-state index is 0.0642. The fraction of sp³-hybridized carbons (Fsp3) is 0.750. The van der Waals surface area contributed by atoms with E-state index in [2.05, 4.69) is 10.6 Å². The Labute approximate surface area is 116 Å². The third-order valence-corrected chi connectivity index (χ3v) is 3.33. The molecule has 0 heterocycles. The van der Waals surface area contributed by atoms with E-state index < -0.39 is 30.1 Å². The van der Waals surface area contributed by atoms with Gasteiger partial charge in [-0.05, 0) is 19.3 Å². The monoisotopic (exact) mass is 287 g/mol. The molecule has 3 amide bonds. The molecular formula is C12H21N3O5. The highest BCUT2D eigenvalue weighted by molar-refractivity contribution is 5.83. The first-order valence-corrected chi connectivity index (χ1v) is 6.66. The van der Waals surface area contributed by atoms with Gasteiger partial charge >= 0.3 is 12.0 Å². The number of carbonyl (C=O) groups is 3. The summed E-state index contributed by atoms with van der Waals surface area (Å²) in [5, 5.41) is 23.5. The topological polar surface area (TPSA) is 142 Å². The number of carboxylic acids is 1. The van der Waals surface area contributed by atoms with Crippen molar-refractivity contribution in [2.75, 3.05) is 0 Å². The molecule has 0 aromatic rings. The van der Waals surface area contributed by atoms with Gasteiger partial charge in [-0.25, -0.2) is 9.59 Å². The lowest BCUT2D eigenvalue weighted by molar-refractivity contribution is -0.139. The molecule has 114 valence electrons. The molecular weight excluding hydrogens is 266 g/mol. The summed E-state index contributed by atoms with van der Waals surface area (Å²) >= 11 is 0. The second kappa shape index (κ2) is 7.68. The largest absolute Gasteiger partial charge is 0.480 e. The third-order valence-electron chi connectivity index (χ3n) is 3.33. The molecule has 1 saturated carbocycles. The second-order valence-electron chi connectivity index (χ2n) is 4.97. The van der Waals surface area contributed by atoms with Crippen LogP contribution in [0, 0.1) is 0 Å². The van der Waals surface area contributed by atoms with Crippen molar-refractivity contribution < 1.29 is 24.6 Å². The molecule has 0 spiro atoms. The average Bonchev–Trinajstić information content (AvgIpc) is 2.36. The van der Waals surface area contributed by atoms with Crippen LogP contribution in [0.25, 0.3) is 0 Å². The predicted octanol–water partition coefficient (Wildman–Crippen LogP) is -0.692. The maximum atomic E-state index is 11.7. The van der Waals surface area contributed by atoms with Crippen LogP contribution < -0.4 is 16.4 Å². The summed E-state index contributed by atoms with van der Waals surface area (Å²) in [6, 6.07) is -2.20. The quantitative estimate of drug-likeness (QED) is 0.439. The normalized spacial score (nSPS) is 23.6. The van der Waals surface area contributed by atoms with E-state index in [1.54, 1.807) is 0 Å². The minimum atomic E-state index is -1.23. The highest BCUT2D eigenvalue weighted by Crippen LogP contribution is 2.18. The summed E-state index contributed by atoms with van der Waals surface area (Å²) in [4.78, 5) is 33.3. The smallest absolute Gasteiger partial charge is 0.326 e. The van der Waals surface area contributed by atoms with Gasteiger partial charge < -0.3 is 26.6 Å². The lowest BCUT2D eigenvalue weighted by Crippen LogP contribution is -2.52. The molecule has 0 bridgehead atoms. The lowest BCUT2D eigenvalue weighted by Gasteiger charge is -2.28. The number of aliphatic carboxylic acids is 1. The van der Waals surface area contributed by atoms with Gasteiger partial charge in [0.1, 0.15) is 6.04 Å². The van der Waals surface area contributed by atoms with Gasteiger partial charge in [-0.2, -0.15) is 0 Å². The Bertz CT molecular complexity index is 374. The zero-order valence-corrected chi connectivity index (χ0v) is 11.2. The van der Waals surface area contributed by atoms with E-state index in [1.165, 1.54) is 0 Å². The standard InChI is InChI=1S/C12H21N3O5/c13-10(17)6-5-8(11(18)19)15-12(20)14-7-3-1-2-4-9(7)16/h7-9,16H,1-6H2,(H2,13,17)(H,18,19)(H2,14,15,20)/t7?,8-,9?/m0/s1. The van der Waals surface area contributed by atoms with Crippen LogP contribution >= 0.6 is 0 Å². The molecule has 0 aromatic carbocycles. The van der Waals surface area contributed by atoms with E-state index in [0.29, 0.717) is 12.8 Å². The van der Waals surface area contributed by atoms with Crippen LogP contribution in [-0.2, 0) is 9.59 Å². The Kier molecular flexibility index (Phi) is 6.23. The molecule has 1 aliphatic rings. The summed E-state index contributed by atoms with van der Waals surface area (Å²) < 4.78 is 0. The number of carboxylic acid groups (broad SMARTS) is 1. The molecule has 6 N–H and O–H groups in total. The molecule has 1 rings (SSSR count). The van der Waals surface area contributed by atoms with Gasteiger partial charge in [0.15, 0.2) is 0 Å². The van der Waals surface area contributed by atoms with E-state index in [1.807, 2.05) is 0 Å². The van der Waals surface area contributed by atoms with E-state index in [4.69, 9.17) is 10.8 Å². The summed E-state index contributed by atoms with van der Waals surface area (Å²) in [5.41, 5.74) is 4.95. The number of nitrogens with two attached hydrogens (primary N) is 1. The van der Waals surface area contributed by atoms with Crippen molar-refractivity contribution in [1.82, 2.24) is 10.6 Å². The molecule has 0 aliphatic heterocycles. The van der Waals surface area contributed by atoms with Gasteiger partial charge in [-0.3, -0.25) is 4.79 Å². The molecule has 0 saturated heterocycles. The van der Waals surface area contributed by atoms with Gasteiger partial charge in [-0.1, -0.05) is 12.8 Å². The Morgan fingerprint density at radius 2 is 1.90 bits per heavy atom. The molecule has 8 nitrogen and oxygen atoms in total. The Balaban J connectivity index is 2.44. The van der Waals surface area contributed by atoms with Crippen molar-refractivity contribution in [3.63, 3.8) is 0 Å². The SMILES string of the molecule is NC(=O)CC[C@H](NC(=O)NC1CCCCC1O)C(=O)O. The van der Waals surface area contributed by atoms with Gasteiger partial charge in [-0.15, -0.1) is 0 Å². The molecule has 0 aromatic heterocycles. The van der Waals surface area contributed by atoms with E-state index in [0.717, 1.165) is 12.8 Å². The maximum Gasteiger partial charge on any atom is 0.326 e. The van der Waals surface area contributed by atoms with Crippen LogP contribution in [0.4, 0.5) is 4.79 Å². The number of primary amides is 1. The number of aliphatic hydroxyl groups is 1. The summed E-state index contributed by atoms with van der Waals surface area (Å²) in [7, 11) is 0. The number of aliphatic hydroxyl groups excluding tert-OH is 1. The second-order valence-corrected chi connectivity index (χ2v) is 4.97. The fourth-order valence-electron chi connectivity index (χ4n) is 2.19. The molecule has 1 aliphatic carbocycles. The zero-order valence-electron chi connectivity index (χ0n) is 11.2. The number of carbonyl (C=O) groups excluding carboxylic acids is 2. The number of urea groups is 1. The van der Waals surface area contributed by atoms with Crippen molar-refractivity contribution in [1.29, 1.82) is 0 Å². The molecule has 1 fully saturated rings. The molecule has 0 radical (unpaired) electrons. The minimum Gasteiger partial charge on any atom is -0.480 e. The van der Waals surface area contributed by atoms with E-state index in [9.17, 15) is 19.5 Å². The van der Waals surface area contributed by atoms with Crippen molar-refractivity contribution in [2.45, 2.75) is 56.7 Å². The fourth-order valence-corrected chi connectivity index (χ4v) is 2.19. The third kappa shape index (κ3) is 5.43. The molecule has 8 heteroatoms. The molecule has 20 heavy (non-hydrogen) atoms. The maximum absolute atomic E-state index is 11.7. The number of rotatable bonds is 6. The zero-order chi connectivity index (χ0) is 15.1. The van der Waals surface area contributed by atoms with Gasteiger partial charge in [0.25, 0.3) is 0 Å². The highest BCUT2D eigenvalue weighted by atomic mass is 16.4. The summed E-state index contributed by atoms with van der Waals surface area (Å²) in [5.74, 6) is -1.85. The Morgan fingerprint density at radius 3 is 2.45 bits per heavy atom. The van der Waals surface area contributed by atoms with Crippen molar-refractivity contribution in [3.8, 4) is 0 Å². The van der Waals surface area contributed by atoms with Crippen molar-refractivity contribution >= 4 is 17.9 Å². The van der Waals surface area contributed by atoms with E-state index >= 15 is 0 Å². The molecule has 2 unspecified atom stereocenters. The van der Waals surface area contributed by atoms with Gasteiger partial charge in [0, 0.05) is 6.42 Å². The van der Waals surface area contributed by atoms with Crippen LogP contribution in [0.3, 0.4) is 0 Å². The first-order chi connectivity index (χ1) is 9.40. The number of amides is 3. The van der Waals surface area contributed by atoms with Gasteiger partial charge in [0.2, 0.25) is 5.91 Å². The van der Waals surface area contributed by atoms with Crippen LogP contribution in [0.5, 0.6) is 0 Å². The summed E-state index contributed by atoms with van der Waals surface area (Å²) in [6.07, 6.45) is 2.31. The number of hydrogen-bond donors (Lipinski definition) is 5. The first-order valence-electron chi connectivity index (χ1n) is 6.66. The predicted molar refractivity (Wildman–Crippen MR) is 69.8 cm³/mol. The van der Waals surface area contributed by atoms with E-state index in [-0.39, 0.29) is 18.9 Å². The highest BCUT2D eigenvalue weighted by Gasteiger charge is 2.26. The summed E-state index contributed by atoms with van der Waals surface area (Å²) in [6.45, 7) is 0. The number of nitrogens with one attached hydrogen (secondary N) is 2. The Morgan fingerprint density at radius 1 is 1.25 bits per heavy atom. The van der Waals surface area contributed by atoms with Crippen LogP contribution in [0.1, 0.15) is 38.5 Å². The van der Waals surface area contributed by atoms with Crippen molar-refractivity contribution in [2.24, 2.45) is 5.73 Å². The first kappa shape index (κ1) is 16.2. The van der Waals surface area contributed by atoms with Crippen LogP contribution in [0.2, 0.25) is 0 Å². The van der Waals surface area contributed by atoms with Crippen LogP contribution in [-0.4, -0.2) is 46.3 Å². The number of hydrogen-bond acceptors (Lipinski definition) is 4. The average molecular weight is 287 g/mol. The lowest BCUT2D eigenvalue weighted by atomic mass is 9.93. The molecule has 3 atom stereocenters. The van der Waals surface area contributed by atoms with Gasteiger partial charge in [0.05, 0.1) is 12.1 Å².